The first-order valence-corrected chi connectivity index (χ1v) is 10.4. The third kappa shape index (κ3) is 4.58. The highest BCUT2D eigenvalue weighted by molar-refractivity contribution is 5.84. The van der Waals surface area contributed by atoms with E-state index in [4.69, 9.17) is 9.15 Å². The lowest BCUT2D eigenvalue weighted by molar-refractivity contribution is 0.104. The summed E-state index contributed by atoms with van der Waals surface area (Å²) in [5.74, 6) is 1.08. The molecule has 4 rings (SSSR count). The van der Waals surface area contributed by atoms with E-state index in [2.05, 4.69) is 15.2 Å². The molecule has 2 unspecified atom stereocenters. The number of aromatic nitrogens is 1. The number of fused-ring (bicyclic) bond motifs is 2. The van der Waals surface area contributed by atoms with Gasteiger partial charge in [-0.1, -0.05) is 12.1 Å². The average Bonchev–Trinajstić information content (AvgIpc) is 3.33. The quantitative estimate of drug-likeness (QED) is 0.805. The maximum absolute atomic E-state index is 12.5. The molecule has 2 aliphatic rings. The minimum Gasteiger partial charge on any atom is -0.445 e. The molecule has 3 heterocycles. The molecule has 2 saturated heterocycles. The molecule has 0 aliphatic carbocycles. The maximum atomic E-state index is 12.5. The van der Waals surface area contributed by atoms with Crippen molar-refractivity contribution in [3.63, 3.8) is 0 Å². The summed E-state index contributed by atoms with van der Waals surface area (Å²) in [6.45, 7) is 0.0429. The zero-order chi connectivity index (χ0) is 21.1. The summed E-state index contributed by atoms with van der Waals surface area (Å²) in [6.07, 6.45) is 7.61. The van der Waals surface area contributed by atoms with Gasteiger partial charge in [0, 0.05) is 31.9 Å². The molecule has 1 aromatic heterocycles. The smallest absolute Gasteiger partial charge is 0.412 e. The molecule has 160 valence electrons. The van der Waals surface area contributed by atoms with Crippen LogP contribution in [0.25, 0.3) is 0 Å². The maximum Gasteiger partial charge on any atom is 0.412 e. The van der Waals surface area contributed by atoms with Gasteiger partial charge in [-0.25, -0.2) is 14.6 Å². The van der Waals surface area contributed by atoms with Gasteiger partial charge in [0.25, 0.3) is 0 Å². The average molecular weight is 412 g/mol. The van der Waals surface area contributed by atoms with Crippen molar-refractivity contribution < 1.29 is 18.7 Å². The lowest BCUT2D eigenvalue weighted by atomic mass is 9.86. The largest absolute Gasteiger partial charge is 0.445 e. The molecule has 1 aromatic carbocycles. The zero-order valence-electron chi connectivity index (χ0n) is 17.4. The number of hydrogen-bond acceptors (Lipinski definition) is 5. The first-order chi connectivity index (χ1) is 14.5. The Morgan fingerprint density at radius 3 is 2.50 bits per heavy atom. The minimum absolute atomic E-state index is 0.0429. The van der Waals surface area contributed by atoms with Gasteiger partial charge < -0.3 is 19.0 Å². The summed E-state index contributed by atoms with van der Waals surface area (Å²) >= 11 is 0. The molecular weight excluding hydrogens is 384 g/mol. The molecule has 1 N–H and O–H groups in total. The van der Waals surface area contributed by atoms with Crippen molar-refractivity contribution in [1.29, 1.82) is 0 Å². The van der Waals surface area contributed by atoms with Gasteiger partial charge in [0.1, 0.15) is 0 Å². The van der Waals surface area contributed by atoms with Crippen molar-refractivity contribution in [1.82, 2.24) is 14.8 Å². The second kappa shape index (κ2) is 8.77. The lowest BCUT2D eigenvalue weighted by Gasteiger charge is -2.40. The Kier molecular flexibility index (Phi) is 5.92. The van der Waals surface area contributed by atoms with E-state index in [-0.39, 0.29) is 12.6 Å². The van der Waals surface area contributed by atoms with E-state index in [0.717, 1.165) is 32.1 Å². The predicted molar refractivity (Wildman–Crippen MR) is 111 cm³/mol. The number of amides is 3. The van der Waals surface area contributed by atoms with Crippen LogP contribution in [0.3, 0.4) is 0 Å². The number of piperidine rings is 1. The molecule has 0 saturated carbocycles. The van der Waals surface area contributed by atoms with E-state index in [1.807, 2.05) is 38.4 Å². The summed E-state index contributed by atoms with van der Waals surface area (Å²) in [4.78, 5) is 31.9. The predicted octanol–water partition coefficient (Wildman–Crippen LogP) is 3.89. The fourth-order valence-corrected chi connectivity index (χ4v) is 4.66. The highest BCUT2D eigenvalue weighted by atomic mass is 16.6. The van der Waals surface area contributed by atoms with Gasteiger partial charge in [-0.15, -0.1) is 0 Å². The van der Waals surface area contributed by atoms with Crippen LogP contribution in [-0.4, -0.2) is 53.1 Å². The van der Waals surface area contributed by atoms with Gasteiger partial charge in [-0.05, 0) is 55.7 Å². The number of hydrogen-bond donors (Lipinski definition) is 1. The van der Waals surface area contributed by atoms with E-state index in [9.17, 15) is 9.59 Å². The zero-order valence-corrected chi connectivity index (χ0v) is 17.4. The molecule has 2 aliphatic heterocycles. The van der Waals surface area contributed by atoms with Crippen molar-refractivity contribution in [2.24, 2.45) is 5.92 Å². The summed E-state index contributed by atoms with van der Waals surface area (Å²) in [5.41, 5.74) is 1.93. The molecule has 0 radical (unpaired) electrons. The first-order valence-electron chi connectivity index (χ1n) is 10.4. The second-order valence-corrected chi connectivity index (χ2v) is 8.38. The van der Waals surface area contributed by atoms with Crippen LogP contribution in [0.15, 0.2) is 41.3 Å². The van der Waals surface area contributed by atoms with Crippen molar-refractivity contribution in [2.75, 3.05) is 19.4 Å². The minimum atomic E-state index is -0.534. The summed E-state index contributed by atoms with van der Waals surface area (Å²) in [7, 11) is 3.65. The third-order valence-corrected chi connectivity index (χ3v) is 5.99. The topological polar surface area (TPSA) is 87.9 Å². The van der Waals surface area contributed by atoms with Gasteiger partial charge in [0.2, 0.25) is 0 Å². The molecule has 8 nitrogen and oxygen atoms in total. The number of carbonyl (C=O) groups excluding carboxylic acids is 2. The van der Waals surface area contributed by atoms with Crippen LogP contribution in [0, 0.1) is 5.92 Å². The van der Waals surface area contributed by atoms with Crippen molar-refractivity contribution in [2.45, 2.75) is 50.8 Å². The standard InChI is InChI=1S/C22H28N4O4/c1-25(2)22(28)26-18-7-8-19(26)11-16(10-18)9-15-3-5-17(6-4-15)24-21(27)29-13-20-12-23-14-30-20/h3-6,12,14,16,18-19H,7-11,13H2,1-2H3,(H,24,27). The van der Waals surface area contributed by atoms with Crippen LogP contribution in [0.1, 0.15) is 37.0 Å². The molecule has 2 fully saturated rings. The van der Waals surface area contributed by atoms with Gasteiger partial charge in [0.05, 0.1) is 6.20 Å². The molecule has 8 heteroatoms. The van der Waals surface area contributed by atoms with Gasteiger partial charge in [0.15, 0.2) is 18.8 Å². The van der Waals surface area contributed by atoms with Crippen molar-refractivity contribution >= 4 is 17.8 Å². The summed E-state index contributed by atoms with van der Waals surface area (Å²) in [6, 6.07) is 8.75. The molecule has 2 aromatic rings. The second-order valence-electron chi connectivity index (χ2n) is 8.38. The number of ether oxygens (including phenoxy) is 1. The number of benzene rings is 1. The van der Waals surface area contributed by atoms with Crippen LogP contribution in [0.5, 0.6) is 0 Å². The Balaban J connectivity index is 1.27. The summed E-state index contributed by atoms with van der Waals surface area (Å²) < 4.78 is 10.1. The number of anilines is 1. The molecule has 2 bridgehead atoms. The Morgan fingerprint density at radius 1 is 1.20 bits per heavy atom. The van der Waals surface area contributed by atoms with E-state index < -0.39 is 6.09 Å². The number of nitrogens with one attached hydrogen (secondary N) is 1. The SMILES string of the molecule is CN(C)C(=O)N1C2CCC1CC(Cc1ccc(NC(=O)OCc3cnco3)cc1)C2. The normalized spacial score (nSPS) is 22.6. The third-order valence-electron chi connectivity index (χ3n) is 5.99. The number of oxazole rings is 1. The Labute approximate surface area is 176 Å². The van der Waals surface area contributed by atoms with E-state index in [0.29, 0.717) is 29.4 Å². The van der Waals surface area contributed by atoms with Crippen LogP contribution in [-0.2, 0) is 17.8 Å². The van der Waals surface area contributed by atoms with E-state index in [1.165, 1.54) is 18.2 Å². The fourth-order valence-electron chi connectivity index (χ4n) is 4.66. The number of nitrogens with zero attached hydrogens (tertiary/aromatic N) is 3. The Bertz CT molecular complexity index is 852. The number of rotatable bonds is 5. The molecule has 30 heavy (non-hydrogen) atoms. The highest BCUT2D eigenvalue weighted by Crippen LogP contribution is 2.40. The summed E-state index contributed by atoms with van der Waals surface area (Å²) in [5, 5.41) is 2.72. The van der Waals surface area contributed by atoms with Crippen molar-refractivity contribution in [3.8, 4) is 0 Å². The molecule has 3 amide bonds. The molecule has 0 spiro atoms. The first kappa shape index (κ1) is 20.3. The monoisotopic (exact) mass is 412 g/mol. The van der Waals surface area contributed by atoms with Crippen LogP contribution in [0.2, 0.25) is 0 Å². The Morgan fingerprint density at radius 2 is 1.90 bits per heavy atom. The van der Waals surface area contributed by atoms with Gasteiger partial charge in [-0.3, -0.25) is 5.32 Å². The van der Waals surface area contributed by atoms with Crippen LogP contribution < -0.4 is 5.32 Å². The van der Waals surface area contributed by atoms with Crippen molar-refractivity contribution in [3.05, 3.63) is 48.2 Å². The number of carbonyl (C=O) groups is 2. The molecular formula is C22H28N4O4. The molecule has 2 atom stereocenters. The van der Waals surface area contributed by atoms with Crippen LogP contribution in [0.4, 0.5) is 15.3 Å². The lowest BCUT2D eigenvalue weighted by Crippen LogP contribution is -2.50. The van der Waals surface area contributed by atoms with E-state index >= 15 is 0 Å². The van der Waals surface area contributed by atoms with Gasteiger partial charge in [-0.2, -0.15) is 0 Å². The van der Waals surface area contributed by atoms with E-state index in [1.54, 1.807) is 4.90 Å². The Hall–Kier alpha value is -3.03. The van der Waals surface area contributed by atoms with Crippen LogP contribution >= 0.6 is 0 Å². The number of urea groups is 1. The van der Waals surface area contributed by atoms with Gasteiger partial charge >= 0.3 is 12.1 Å². The highest BCUT2D eigenvalue weighted by Gasteiger charge is 2.43. The fraction of sp³-hybridized carbons (Fsp3) is 0.500.